The van der Waals surface area contributed by atoms with Crippen LogP contribution >= 0.6 is 0 Å². The summed E-state index contributed by atoms with van der Waals surface area (Å²) in [7, 11) is 0. The fourth-order valence-corrected chi connectivity index (χ4v) is 3.37. The summed E-state index contributed by atoms with van der Waals surface area (Å²) in [5, 5.41) is 6.18. The molecule has 4 heteroatoms. The highest BCUT2D eigenvalue weighted by Crippen LogP contribution is 2.22. The van der Waals surface area contributed by atoms with Gasteiger partial charge in [0.1, 0.15) is 5.75 Å². The summed E-state index contributed by atoms with van der Waals surface area (Å²) < 4.78 is 5.86. The molecule has 150 valence electrons. The standard InChI is InChI=1S/C25H28N2O2/c1-18-14-19(2)25(20(3)15-18)27-24(28)17-26-22-10-7-11-23(16-22)29-13-12-21-8-5-4-6-9-21/h4-11,14-16,26H,12-13,17H2,1-3H3,(H,27,28). The van der Waals surface area contributed by atoms with Gasteiger partial charge in [0.2, 0.25) is 5.91 Å². The molecule has 0 heterocycles. The summed E-state index contributed by atoms with van der Waals surface area (Å²) in [4.78, 5) is 12.4. The Kier molecular flexibility index (Phi) is 6.90. The van der Waals surface area contributed by atoms with E-state index in [2.05, 4.69) is 41.8 Å². The first-order chi connectivity index (χ1) is 14.0. The normalized spacial score (nSPS) is 10.4. The molecule has 4 nitrogen and oxygen atoms in total. The number of ether oxygens (including phenoxy) is 1. The van der Waals surface area contributed by atoms with E-state index in [1.54, 1.807) is 0 Å². The topological polar surface area (TPSA) is 50.4 Å². The van der Waals surface area contributed by atoms with Gasteiger partial charge in [0.05, 0.1) is 13.2 Å². The van der Waals surface area contributed by atoms with E-state index >= 15 is 0 Å². The van der Waals surface area contributed by atoms with E-state index in [1.165, 1.54) is 11.1 Å². The van der Waals surface area contributed by atoms with Gasteiger partial charge in [-0.15, -0.1) is 0 Å². The van der Waals surface area contributed by atoms with Gasteiger partial charge in [-0.25, -0.2) is 0 Å². The maximum Gasteiger partial charge on any atom is 0.243 e. The van der Waals surface area contributed by atoms with Crippen molar-refractivity contribution in [3.8, 4) is 5.75 Å². The molecular weight excluding hydrogens is 360 g/mol. The van der Waals surface area contributed by atoms with Gasteiger partial charge in [0.25, 0.3) is 0 Å². The Bertz CT molecular complexity index is 945. The minimum Gasteiger partial charge on any atom is -0.493 e. The van der Waals surface area contributed by atoms with Gasteiger partial charge >= 0.3 is 0 Å². The monoisotopic (exact) mass is 388 g/mol. The van der Waals surface area contributed by atoms with Crippen LogP contribution < -0.4 is 15.4 Å². The predicted molar refractivity (Wildman–Crippen MR) is 120 cm³/mol. The second-order valence-electron chi connectivity index (χ2n) is 7.29. The Morgan fingerprint density at radius 2 is 1.62 bits per heavy atom. The van der Waals surface area contributed by atoms with Crippen molar-refractivity contribution in [1.82, 2.24) is 0 Å². The molecule has 0 radical (unpaired) electrons. The van der Waals surface area contributed by atoms with Crippen LogP contribution in [0.15, 0.2) is 66.7 Å². The first-order valence-corrected chi connectivity index (χ1v) is 9.89. The van der Waals surface area contributed by atoms with Crippen molar-refractivity contribution in [3.05, 3.63) is 89.0 Å². The van der Waals surface area contributed by atoms with Crippen molar-refractivity contribution >= 4 is 17.3 Å². The lowest BCUT2D eigenvalue weighted by Crippen LogP contribution is -2.22. The van der Waals surface area contributed by atoms with Crippen molar-refractivity contribution in [2.45, 2.75) is 27.2 Å². The third kappa shape index (κ3) is 6.11. The number of benzene rings is 3. The Balaban J connectivity index is 1.50. The third-order valence-electron chi connectivity index (χ3n) is 4.73. The van der Waals surface area contributed by atoms with Crippen LogP contribution in [0.5, 0.6) is 5.75 Å². The van der Waals surface area contributed by atoms with Crippen LogP contribution in [0, 0.1) is 20.8 Å². The number of hydrogen-bond donors (Lipinski definition) is 2. The lowest BCUT2D eigenvalue weighted by Gasteiger charge is -2.14. The minimum absolute atomic E-state index is 0.0737. The number of amides is 1. The summed E-state index contributed by atoms with van der Waals surface area (Å²) in [6.45, 7) is 6.89. The Morgan fingerprint density at radius 1 is 0.897 bits per heavy atom. The van der Waals surface area contributed by atoms with E-state index in [-0.39, 0.29) is 12.5 Å². The highest BCUT2D eigenvalue weighted by atomic mass is 16.5. The molecule has 3 rings (SSSR count). The summed E-state index contributed by atoms with van der Waals surface area (Å²) >= 11 is 0. The molecule has 2 N–H and O–H groups in total. The molecule has 3 aromatic carbocycles. The molecule has 29 heavy (non-hydrogen) atoms. The SMILES string of the molecule is Cc1cc(C)c(NC(=O)CNc2cccc(OCCc3ccccc3)c2)c(C)c1. The third-order valence-corrected chi connectivity index (χ3v) is 4.73. The first-order valence-electron chi connectivity index (χ1n) is 9.89. The molecular formula is C25H28N2O2. The van der Waals surface area contributed by atoms with Crippen LogP contribution in [0.4, 0.5) is 11.4 Å². The van der Waals surface area contributed by atoms with Crippen LogP contribution in [0.2, 0.25) is 0 Å². The zero-order valence-corrected chi connectivity index (χ0v) is 17.3. The average Bonchev–Trinajstić information content (AvgIpc) is 2.70. The average molecular weight is 389 g/mol. The van der Waals surface area contributed by atoms with Crippen molar-refractivity contribution < 1.29 is 9.53 Å². The fourth-order valence-electron chi connectivity index (χ4n) is 3.37. The second kappa shape index (κ2) is 9.78. The molecule has 0 saturated carbocycles. The summed E-state index contributed by atoms with van der Waals surface area (Å²) in [6, 6.07) is 22.1. The van der Waals surface area contributed by atoms with Gasteiger partial charge in [-0.05, 0) is 49.6 Å². The van der Waals surface area contributed by atoms with E-state index in [9.17, 15) is 4.79 Å². The van der Waals surface area contributed by atoms with Gasteiger partial charge in [-0.2, -0.15) is 0 Å². The maximum atomic E-state index is 12.4. The van der Waals surface area contributed by atoms with Crippen LogP contribution in [0.1, 0.15) is 22.3 Å². The fraction of sp³-hybridized carbons (Fsp3) is 0.240. The number of carbonyl (C=O) groups excluding carboxylic acids is 1. The lowest BCUT2D eigenvalue weighted by atomic mass is 10.1. The van der Waals surface area contributed by atoms with E-state index in [0.29, 0.717) is 6.61 Å². The molecule has 0 unspecified atom stereocenters. The van der Waals surface area contributed by atoms with Crippen LogP contribution in [0.3, 0.4) is 0 Å². The van der Waals surface area contributed by atoms with Gasteiger partial charge < -0.3 is 15.4 Å². The van der Waals surface area contributed by atoms with E-state index in [4.69, 9.17) is 4.74 Å². The van der Waals surface area contributed by atoms with Gasteiger partial charge in [0, 0.05) is 23.9 Å². The number of hydrogen-bond acceptors (Lipinski definition) is 3. The van der Waals surface area contributed by atoms with E-state index in [1.807, 2.05) is 56.3 Å². The zero-order valence-electron chi connectivity index (χ0n) is 17.3. The van der Waals surface area contributed by atoms with Crippen molar-refractivity contribution in [1.29, 1.82) is 0 Å². The largest absolute Gasteiger partial charge is 0.493 e. The second-order valence-corrected chi connectivity index (χ2v) is 7.29. The van der Waals surface area contributed by atoms with Crippen molar-refractivity contribution in [2.24, 2.45) is 0 Å². The van der Waals surface area contributed by atoms with Gasteiger partial charge in [0.15, 0.2) is 0 Å². The zero-order chi connectivity index (χ0) is 20.6. The summed E-state index contributed by atoms with van der Waals surface area (Å²) in [6.07, 6.45) is 0.857. The molecule has 0 spiro atoms. The molecule has 0 atom stereocenters. The Labute approximate surface area is 172 Å². The molecule has 0 bridgehead atoms. The highest BCUT2D eigenvalue weighted by Gasteiger charge is 2.08. The molecule has 0 aliphatic rings. The van der Waals surface area contributed by atoms with E-state index in [0.717, 1.165) is 34.7 Å². The quantitative estimate of drug-likeness (QED) is 0.552. The van der Waals surface area contributed by atoms with Crippen LogP contribution in [0.25, 0.3) is 0 Å². The molecule has 0 aliphatic carbocycles. The summed E-state index contributed by atoms with van der Waals surface area (Å²) in [5.74, 6) is 0.715. The predicted octanol–water partition coefficient (Wildman–Crippen LogP) is 5.28. The molecule has 0 aromatic heterocycles. The molecule has 3 aromatic rings. The Morgan fingerprint density at radius 3 is 2.34 bits per heavy atom. The van der Waals surface area contributed by atoms with Gasteiger partial charge in [-0.1, -0.05) is 54.1 Å². The molecule has 0 aliphatic heterocycles. The van der Waals surface area contributed by atoms with Gasteiger partial charge in [-0.3, -0.25) is 4.79 Å². The first kappa shape index (κ1) is 20.5. The number of nitrogens with one attached hydrogen (secondary N) is 2. The number of aryl methyl sites for hydroxylation is 3. The smallest absolute Gasteiger partial charge is 0.243 e. The summed E-state index contributed by atoms with van der Waals surface area (Å²) in [5.41, 5.74) is 6.34. The maximum absolute atomic E-state index is 12.4. The number of rotatable bonds is 8. The van der Waals surface area contributed by atoms with E-state index < -0.39 is 0 Å². The van der Waals surface area contributed by atoms with Crippen molar-refractivity contribution in [3.63, 3.8) is 0 Å². The van der Waals surface area contributed by atoms with Crippen LogP contribution in [-0.4, -0.2) is 19.1 Å². The van der Waals surface area contributed by atoms with Crippen molar-refractivity contribution in [2.75, 3.05) is 23.8 Å². The molecule has 0 saturated heterocycles. The minimum atomic E-state index is -0.0737. The molecule has 0 fully saturated rings. The number of anilines is 2. The Hall–Kier alpha value is -3.27. The number of carbonyl (C=O) groups is 1. The molecule has 1 amide bonds. The lowest BCUT2D eigenvalue weighted by molar-refractivity contribution is -0.114. The van der Waals surface area contributed by atoms with Crippen LogP contribution in [-0.2, 0) is 11.2 Å². The highest BCUT2D eigenvalue weighted by molar-refractivity contribution is 5.95.